The number of aromatic nitrogens is 1. The van der Waals surface area contributed by atoms with E-state index in [1.165, 1.54) is 37.2 Å². The van der Waals surface area contributed by atoms with Crippen LogP contribution < -0.4 is 33.8 Å². The van der Waals surface area contributed by atoms with Crippen molar-refractivity contribution in [1.29, 1.82) is 0 Å². The average Bonchev–Trinajstić information content (AvgIpc) is 3.25. The molecule has 0 N–H and O–H groups in total. The lowest BCUT2D eigenvalue weighted by Crippen LogP contribution is -2.40. The van der Waals surface area contributed by atoms with E-state index in [1.54, 1.807) is 38.1 Å². The molecule has 0 unspecified atom stereocenters. The Morgan fingerprint density at radius 1 is 1.17 bits per heavy atom. The fourth-order valence-electron chi connectivity index (χ4n) is 4.39. The number of fused-ring (bicyclic) bond motifs is 1. The van der Waals surface area contributed by atoms with E-state index in [-0.39, 0.29) is 24.3 Å². The second-order valence-corrected chi connectivity index (χ2v) is 11.6. The van der Waals surface area contributed by atoms with Gasteiger partial charge in [0.2, 0.25) is 0 Å². The fourth-order valence-corrected chi connectivity index (χ4v) is 6.76. The van der Waals surface area contributed by atoms with Gasteiger partial charge in [0.15, 0.2) is 27.8 Å². The molecule has 0 aliphatic carbocycles. The van der Waals surface area contributed by atoms with Crippen molar-refractivity contribution in [2.75, 3.05) is 34.5 Å². The first-order valence-electron chi connectivity index (χ1n) is 12.2. The molecular weight excluding hydrogens is 727 g/mol. The van der Waals surface area contributed by atoms with Crippen molar-refractivity contribution in [1.82, 2.24) is 4.57 Å². The molecule has 3 aromatic rings. The van der Waals surface area contributed by atoms with E-state index in [4.69, 9.17) is 30.1 Å². The lowest BCUT2D eigenvalue weighted by Gasteiger charge is -2.26. The molecule has 0 spiro atoms. The van der Waals surface area contributed by atoms with Crippen LogP contribution in [0.15, 0.2) is 49.8 Å². The second kappa shape index (κ2) is 13.1. The Balaban J connectivity index is 1.97. The molecule has 0 amide bonds. The number of thiazole rings is 1. The minimum Gasteiger partial charge on any atom is -0.493 e. The standard InChI is InChI=1S/C29H26BrIN2O7S/c1-7-9-40-26-19(31)10-16(11-22(26)38-6)12-23-27(34)33-25(17-13-20(36-4)21(37-5)14-18(17)30)24(28(35)39-8-2)15(3)32-29(33)41-23/h1,10-14,25H,8-9H2,2-6H3/b23-12-/t25-/m1/s1. The van der Waals surface area contributed by atoms with Crippen LogP contribution >= 0.6 is 49.9 Å². The molecule has 2 aromatic carbocycles. The summed E-state index contributed by atoms with van der Waals surface area (Å²) in [5.41, 5.74) is 1.71. The molecule has 41 heavy (non-hydrogen) atoms. The zero-order chi connectivity index (χ0) is 29.8. The number of halogens is 2. The Morgan fingerprint density at radius 3 is 2.49 bits per heavy atom. The quantitative estimate of drug-likeness (QED) is 0.184. The Labute approximate surface area is 262 Å². The molecule has 1 atom stereocenters. The third-order valence-corrected chi connectivity index (χ3v) is 8.63. The van der Waals surface area contributed by atoms with Gasteiger partial charge in [-0.15, -0.1) is 6.42 Å². The van der Waals surface area contributed by atoms with Crippen molar-refractivity contribution in [3.63, 3.8) is 0 Å². The number of nitrogens with zero attached hydrogens (tertiary/aromatic N) is 2. The average molecular weight is 753 g/mol. The lowest BCUT2D eigenvalue weighted by molar-refractivity contribution is -0.139. The highest BCUT2D eigenvalue weighted by molar-refractivity contribution is 14.1. The van der Waals surface area contributed by atoms with Gasteiger partial charge >= 0.3 is 5.97 Å². The highest BCUT2D eigenvalue weighted by atomic mass is 127. The number of hydrogen-bond acceptors (Lipinski definition) is 9. The molecule has 12 heteroatoms. The summed E-state index contributed by atoms with van der Waals surface area (Å²) in [7, 11) is 4.59. The molecule has 214 valence electrons. The van der Waals surface area contributed by atoms with Crippen molar-refractivity contribution in [2.24, 2.45) is 4.99 Å². The molecule has 0 saturated carbocycles. The summed E-state index contributed by atoms with van der Waals surface area (Å²) in [6, 6.07) is 6.27. The number of terminal acetylenes is 1. The molecular formula is C29H26BrIN2O7S. The van der Waals surface area contributed by atoms with Crippen LogP contribution in [0, 0.1) is 15.9 Å². The van der Waals surface area contributed by atoms with E-state index in [9.17, 15) is 9.59 Å². The summed E-state index contributed by atoms with van der Waals surface area (Å²) < 4.78 is 30.8. The van der Waals surface area contributed by atoms with Crippen LogP contribution in [-0.4, -0.2) is 45.1 Å². The van der Waals surface area contributed by atoms with Gasteiger partial charge in [0.05, 0.1) is 53.4 Å². The van der Waals surface area contributed by atoms with E-state index in [0.717, 1.165) is 9.13 Å². The number of methoxy groups -OCH3 is 3. The predicted octanol–water partition coefficient (Wildman–Crippen LogP) is 4.20. The molecule has 0 bridgehead atoms. The van der Waals surface area contributed by atoms with Crippen LogP contribution in [-0.2, 0) is 9.53 Å². The predicted molar refractivity (Wildman–Crippen MR) is 168 cm³/mol. The van der Waals surface area contributed by atoms with Crippen LogP contribution in [0.25, 0.3) is 6.08 Å². The van der Waals surface area contributed by atoms with Gasteiger partial charge in [-0.3, -0.25) is 9.36 Å². The molecule has 0 saturated heterocycles. The first-order chi connectivity index (χ1) is 19.7. The summed E-state index contributed by atoms with van der Waals surface area (Å²) >= 11 is 6.96. The van der Waals surface area contributed by atoms with Crippen molar-refractivity contribution in [2.45, 2.75) is 19.9 Å². The van der Waals surface area contributed by atoms with Crippen LogP contribution in [0.4, 0.5) is 0 Å². The molecule has 1 aromatic heterocycles. The van der Waals surface area contributed by atoms with Crippen molar-refractivity contribution in [3.05, 3.63) is 74.4 Å². The summed E-state index contributed by atoms with van der Waals surface area (Å²) in [5.74, 6) is 3.83. The highest BCUT2D eigenvalue weighted by Crippen LogP contribution is 2.41. The van der Waals surface area contributed by atoms with E-state index >= 15 is 0 Å². The van der Waals surface area contributed by atoms with E-state index in [1.807, 2.05) is 6.07 Å². The molecule has 0 radical (unpaired) electrons. The van der Waals surface area contributed by atoms with E-state index in [2.05, 4.69) is 49.4 Å². The lowest BCUT2D eigenvalue weighted by atomic mass is 9.95. The van der Waals surface area contributed by atoms with Crippen LogP contribution in [0.5, 0.6) is 23.0 Å². The number of carbonyl (C=O) groups is 1. The van der Waals surface area contributed by atoms with Gasteiger partial charge in [-0.2, -0.15) is 0 Å². The first-order valence-corrected chi connectivity index (χ1v) is 14.9. The Kier molecular flexibility index (Phi) is 9.83. The number of allylic oxidation sites excluding steroid dienone is 1. The highest BCUT2D eigenvalue weighted by Gasteiger charge is 2.35. The fraction of sp³-hybridized carbons (Fsp3) is 0.276. The minimum absolute atomic E-state index is 0.0954. The molecule has 4 rings (SSSR count). The number of benzene rings is 2. The third-order valence-electron chi connectivity index (χ3n) is 6.16. The van der Waals surface area contributed by atoms with Gasteiger partial charge < -0.3 is 23.7 Å². The van der Waals surface area contributed by atoms with Crippen LogP contribution in [0.2, 0.25) is 0 Å². The topological polar surface area (TPSA) is 97.6 Å². The van der Waals surface area contributed by atoms with Gasteiger partial charge in [-0.1, -0.05) is 33.2 Å². The van der Waals surface area contributed by atoms with Crippen molar-refractivity contribution < 1.29 is 28.5 Å². The zero-order valence-electron chi connectivity index (χ0n) is 22.9. The molecule has 1 aliphatic rings. The van der Waals surface area contributed by atoms with E-state index < -0.39 is 12.0 Å². The van der Waals surface area contributed by atoms with Gasteiger partial charge in [-0.05, 0) is 77.9 Å². The summed E-state index contributed by atoms with van der Waals surface area (Å²) in [6.45, 7) is 3.72. The largest absolute Gasteiger partial charge is 0.493 e. The SMILES string of the molecule is C#CCOc1c(I)cc(/C=c2\sc3n(c2=O)[C@H](c2cc(OC)c(OC)cc2Br)C(C(=O)OCC)=C(C)N=3)cc1OC. The number of rotatable bonds is 9. The maximum Gasteiger partial charge on any atom is 0.338 e. The molecule has 0 fully saturated rings. The first kappa shape index (κ1) is 30.7. The Morgan fingerprint density at radius 2 is 1.85 bits per heavy atom. The minimum atomic E-state index is -0.837. The third kappa shape index (κ3) is 6.02. The molecule has 2 heterocycles. The van der Waals surface area contributed by atoms with Crippen molar-refractivity contribution in [3.8, 4) is 35.3 Å². The normalized spacial score (nSPS) is 14.6. The molecule has 9 nitrogen and oxygen atoms in total. The number of carbonyl (C=O) groups excluding carboxylic acids is 1. The summed E-state index contributed by atoms with van der Waals surface area (Å²) in [6.07, 6.45) is 7.10. The maximum atomic E-state index is 14.0. The zero-order valence-corrected chi connectivity index (χ0v) is 27.4. The Bertz CT molecular complexity index is 1770. The van der Waals surface area contributed by atoms with Gasteiger partial charge in [0.1, 0.15) is 6.61 Å². The Hall–Kier alpha value is -3.28. The van der Waals surface area contributed by atoms with E-state index in [0.29, 0.717) is 48.1 Å². The van der Waals surface area contributed by atoms with Gasteiger partial charge in [0.25, 0.3) is 5.56 Å². The summed E-state index contributed by atoms with van der Waals surface area (Å²) in [5, 5.41) is 0. The maximum absolute atomic E-state index is 14.0. The van der Waals surface area contributed by atoms with Gasteiger partial charge in [-0.25, -0.2) is 9.79 Å². The summed E-state index contributed by atoms with van der Waals surface area (Å²) in [4.78, 5) is 32.3. The van der Waals surface area contributed by atoms with Crippen molar-refractivity contribution >= 4 is 61.9 Å². The number of hydrogen-bond donors (Lipinski definition) is 0. The monoisotopic (exact) mass is 752 g/mol. The molecule has 1 aliphatic heterocycles. The number of ether oxygens (including phenoxy) is 5. The second-order valence-electron chi connectivity index (χ2n) is 8.56. The smallest absolute Gasteiger partial charge is 0.338 e. The number of esters is 1. The van der Waals surface area contributed by atoms with Crippen LogP contribution in [0.3, 0.4) is 0 Å². The van der Waals surface area contributed by atoms with Crippen LogP contribution in [0.1, 0.15) is 31.0 Å². The van der Waals surface area contributed by atoms with Gasteiger partial charge in [0, 0.05) is 4.47 Å².